The molecule has 2 aliphatic carbocycles. The van der Waals surface area contributed by atoms with Crippen molar-refractivity contribution < 1.29 is 40.6 Å². The lowest BCUT2D eigenvalue weighted by atomic mass is 9.78. The summed E-state index contributed by atoms with van der Waals surface area (Å²) in [7, 11) is 0. The van der Waals surface area contributed by atoms with Crippen molar-refractivity contribution in [1.82, 2.24) is 0 Å². The van der Waals surface area contributed by atoms with Gasteiger partial charge in [-0.2, -0.15) is 8.78 Å². The molecule has 0 bridgehead atoms. The second-order valence-corrected chi connectivity index (χ2v) is 11.7. The highest BCUT2D eigenvalue weighted by Gasteiger charge is 2.30. The summed E-state index contributed by atoms with van der Waals surface area (Å²) in [6.07, 6.45) is 5.86. The van der Waals surface area contributed by atoms with E-state index >= 15 is 8.78 Å². The van der Waals surface area contributed by atoms with Crippen molar-refractivity contribution in [2.45, 2.75) is 83.2 Å². The summed E-state index contributed by atoms with van der Waals surface area (Å²) in [5.74, 6) is -6.83. The van der Waals surface area contributed by atoms with Gasteiger partial charge in [0.1, 0.15) is 0 Å². The van der Waals surface area contributed by atoms with Gasteiger partial charge in [0.05, 0.1) is 19.3 Å². The van der Waals surface area contributed by atoms with Gasteiger partial charge in [0.2, 0.25) is 11.6 Å². The molecule has 0 aromatic heterocycles. The minimum atomic E-state index is -1.28. The topological polar surface area (TPSA) is 27.7 Å². The van der Waals surface area contributed by atoms with Crippen LogP contribution >= 0.6 is 0 Å². The second-order valence-electron chi connectivity index (χ2n) is 11.7. The van der Waals surface area contributed by atoms with Crippen molar-refractivity contribution in [3.63, 3.8) is 0 Å². The second kappa shape index (κ2) is 14.3. The van der Waals surface area contributed by atoms with Gasteiger partial charge in [0.15, 0.2) is 34.8 Å². The van der Waals surface area contributed by atoms with E-state index in [0.717, 1.165) is 25.7 Å². The van der Waals surface area contributed by atoms with Crippen LogP contribution in [0.5, 0.6) is 11.5 Å². The van der Waals surface area contributed by atoms with Gasteiger partial charge in [-0.1, -0.05) is 18.2 Å². The Bertz CT molecular complexity index is 1450. The molecule has 5 rings (SSSR count). The van der Waals surface area contributed by atoms with Crippen LogP contribution in [0.15, 0.2) is 36.4 Å². The standard InChI is InChI=1S/C35H38F6O3/c1-3-42-28-17-15-25(31(37)34(28)40)22-9-11-23(12-10-22)44-19-20-5-7-21(8-6-20)24-13-14-26(32(38)30(24)36)27-16-18-29(43-4-2)35(41)33(27)39/h13-18,20-23H,3-12,19H2,1-2H3. The maximum Gasteiger partial charge on any atom is 0.201 e. The first-order valence-corrected chi connectivity index (χ1v) is 15.5. The third-order valence-electron chi connectivity index (χ3n) is 9.09. The molecule has 0 heterocycles. The van der Waals surface area contributed by atoms with E-state index in [4.69, 9.17) is 14.2 Å². The molecule has 44 heavy (non-hydrogen) atoms. The smallest absolute Gasteiger partial charge is 0.201 e. The first kappa shape index (κ1) is 32.2. The van der Waals surface area contributed by atoms with Gasteiger partial charge in [-0.25, -0.2) is 17.6 Å². The Morgan fingerprint density at radius 2 is 0.955 bits per heavy atom. The third kappa shape index (κ3) is 6.72. The molecule has 3 aromatic carbocycles. The lowest BCUT2D eigenvalue weighted by Crippen LogP contribution is -2.26. The molecular weight excluding hydrogens is 582 g/mol. The molecule has 9 heteroatoms. The lowest BCUT2D eigenvalue weighted by Gasteiger charge is -2.33. The predicted octanol–water partition coefficient (Wildman–Crippen LogP) is 10.0. The largest absolute Gasteiger partial charge is 0.491 e. The first-order chi connectivity index (χ1) is 21.2. The summed E-state index contributed by atoms with van der Waals surface area (Å²) in [6, 6.07) is 8.30. The van der Waals surface area contributed by atoms with E-state index in [0.29, 0.717) is 37.9 Å². The molecule has 3 nitrogen and oxygen atoms in total. The van der Waals surface area contributed by atoms with Crippen LogP contribution in [-0.4, -0.2) is 25.9 Å². The van der Waals surface area contributed by atoms with Crippen LogP contribution in [0.25, 0.3) is 11.1 Å². The van der Waals surface area contributed by atoms with Gasteiger partial charge in [-0.3, -0.25) is 0 Å². The highest BCUT2D eigenvalue weighted by atomic mass is 19.2. The number of ether oxygens (including phenoxy) is 3. The molecule has 0 radical (unpaired) electrons. The van der Waals surface area contributed by atoms with Crippen LogP contribution < -0.4 is 9.47 Å². The maximum atomic E-state index is 15.2. The molecule has 0 saturated heterocycles. The average Bonchev–Trinajstić information content (AvgIpc) is 3.03. The predicted molar refractivity (Wildman–Crippen MR) is 156 cm³/mol. The monoisotopic (exact) mass is 620 g/mol. The molecule has 2 saturated carbocycles. The summed E-state index contributed by atoms with van der Waals surface area (Å²) in [4.78, 5) is 0. The number of hydrogen-bond donors (Lipinski definition) is 0. The third-order valence-corrected chi connectivity index (χ3v) is 9.09. The minimum absolute atomic E-state index is 0.0477. The van der Waals surface area contributed by atoms with Crippen molar-refractivity contribution in [1.29, 1.82) is 0 Å². The number of rotatable bonds is 10. The molecule has 0 aliphatic heterocycles. The van der Waals surface area contributed by atoms with Crippen LogP contribution in [0.2, 0.25) is 0 Å². The molecule has 0 spiro atoms. The highest BCUT2D eigenvalue weighted by molar-refractivity contribution is 5.66. The summed E-state index contributed by atoms with van der Waals surface area (Å²) in [5, 5.41) is 0. The van der Waals surface area contributed by atoms with Gasteiger partial charge < -0.3 is 14.2 Å². The normalized spacial score (nSPS) is 22.2. The number of hydrogen-bond acceptors (Lipinski definition) is 3. The van der Waals surface area contributed by atoms with Crippen molar-refractivity contribution in [2.75, 3.05) is 19.8 Å². The van der Waals surface area contributed by atoms with Crippen molar-refractivity contribution >= 4 is 0 Å². The van der Waals surface area contributed by atoms with Gasteiger partial charge in [0, 0.05) is 17.7 Å². The van der Waals surface area contributed by atoms with Crippen LogP contribution in [0, 0.1) is 40.8 Å². The molecule has 0 unspecified atom stereocenters. The number of halogens is 6. The molecule has 0 amide bonds. The summed E-state index contributed by atoms with van der Waals surface area (Å²) < 4.78 is 105. The maximum absolute atomic E-state index is 15.2. The summed E-state index contributed by atoms with van der Waals surface area (Å²) in [6.45, 7) is 4.31. The van der Waals surface area contributed by atoms with E-state index in [1.807, 2.05) is 0 Å². The van der Waals surface area contributed by atoms with Crippen molar-refractivity contribution in [3.8, 4) is 22.6 Å². The molecular formula is C35H38F6O3. The van der Waals surface area contributed by atoms with E-state index in [1.54, 1.807) is 19.9 Å². The zero-order valence-corrected chi connectivity index (χ0v) is 25.0. The molecule has 2 fully saturated rings. The lowest BCUT2D eigenvalue weighted by molar-refractivity contribution is -0.00295. The molecule has 3 aromatic rings. The van der Waals surface area contributed by atoms with E-state index < -0.39 is 34.9 Å². The van der Waals surface area contributed by atoms with Crippen molar-refractivity contribution in [3.05, 3.63) is 82.4 Å². The van der Waals surface area contributed by atoms with E-state index in [2.05, 4.69) is 0 Å². The highest BCUT2D eigenvalue weighted by Crippen LogP contribution is 2.41. The van der Waals surface area contributed by atoms with Gasteiger partial charge in [0.25, 0.3) is 0 Å². The zero-order valence-electron chi connectivity index (χ0n) is 25.0. The van der Waals surface area contributed by atoms with Gasteiger partial charge in [-0.15, -0.1) is 0 Å². The minimum Gasteiger partial charge on any atom is -0.491 e. The van der Waals surface area contributed by atoms with Crippen LogP contribution in [0.1, 0.15) is 88.2 Å². The Balaban J connectivity index is 1.12. The average molecular weight is 621 g/mol. The zero-order chi connectivity index (χ0) is 31.4. The molecule has 2 aliphatic rings. The van der Waals surface area contributed by atoms with Crippen LogP contribution in [0.3, 0.4) is 0 Å². The molecule has 238 valence electrons. The quantitative estimate of drug-likeness (QED) is 0.211. The summed E-state index contributed by atoms with van der Waals surface area (Å²) in [5.41, 5.74) is -0.0663. The molecule has 0 N–H and O–H groups in total. The fourth-order valence-corrected chi connectivity index (χ4v) is 6.68. The van der Waals surface area contributed by atoms with E-state index in [-0.39, 0.29) is 65.3 Å². The Morgan fingerprint density at radius 3 is 1.52 bits per heavy atom. The van der Waals surface area contributed by atoms with Crippen molar-refractivity contribution in [2.24, 2.45) is 5.92 Å². The van der Waals surface area contributed by atoms with E-state index in [9.17, 15) is 17.6 Å². The fourth-order valence-electron chi connectivity index (χ4n) is 6.68. The Morgan fingerprint density at radius 1 is 0.523 bits per heavy atom. The number of benzene rings is 3. The first-order valence-electron chi connectivity index (χ1n) is 15.5. The fraction of sp³-hybridized carbons (Fsp3) is 0.486. The Hall–Kier alpha value is -3.20. The Kier molecular flexibility index (Phi) is 10.4. The van der Waals surface area contributed by atoms with Crippen LogP contribution in [0.4, 0.5) is 26.3 Å². The SMILES string of the molecule is CCOc1ccc(-c2ccc(C3CCC(COC4CCC(c5ccc(OCC)c(F)c5F)CC4)CC3)c(F)c2F)c(F)c1F. The molecule has 0 atom stereocenters. The Labute approximate surface area is 254 Å². The van der Waals surface area contributed by atoms with E-state index in [1.165, 1.54) is 30.3 Å². The van der Waals surface area contributed by atoms with Gasteiger partial charge >= 0.3 is 0 Å². The van der Waals surface area contributed by atoms with Crippen LogP contribution in [-0.2, 0) is 4.74 Å². The van der Waals surface area contributed by atoms with Gasteiger partial charge in [-0.05, 0) is 112 Å². The summed E-state index contributed by atoms with van der Waals surface area (Å²) >= 11 is 0.